The first-order valence-electron chi connectivity index (χ1n) is 9.20. The van der Waals surface area contributed by atoms with E-state index in [1.54, 1.807) is 0 Å². The van der Waals surface area contributed by atoms with E-state index >= 15 is 0 Å². The first kappa shape index (κ1) is 17.2. The van der Waals surface area contributed by atoms with Crippen LogP contribution in [-0.4, -0.2) is 48.3 Å². The van der Waals surface area contributed by atoms with E-state index in [0.717, 1.165) is 31.0 Å². The second kappa shape index (κ2) is 8.49. The van der Waals surface area contributed by atoms with Crippen molar-refractivity contribution in [1.29, 1.82) is 0 Å². The molecule has 0 radical (unpaired) electrons. The summed E-state index contributed by atoms with van der Waals surface area (Å²) in [5, 5.41) is 15.5. The number of nitrogens with one attached hydrogen (secondary N) is 2. The Bertz CT molecular complexity index is 517. The minimum Gasteiger partial charge on any atom is -0.394 e. The average molecular weight is 331 g/mol. The van der Waals surface area contributed by atoms with Gasteiger partial charge in [-0.05, 0) is 30.7 Å². The molecule has 2 atom stereocenters. The summed E-state index contributed by atoms with van der Waals surface area (Å²) in [6.07, 6.45) is 6.50. The van der Waals surface area contributed by atoms with E-state index < -0.39 is 0 Å². The third-order valence-corrected chi connectivity index (χ3v) is 5.29. The topological polar surface area (TPSA) is 64.6 Å². The lowest BCUT2D eigenvalue weighted by molar-refractivity contribution is 0.213. The Hall–Kier alpha value is -1.59. The van der Waals surface area contributed by atoms with Crippen molar-refractivity contribution in [3.8, 4) is 0 Å². The maximum atomic E-state index is 12.2. The number of urea groups is 1. The normalized spacial score (nSPS) is 23.3. The summed E-state index contributed by atoms with van der Waals surface area (Å²) >= 11 is 0. The van der Waals surface area contributed by atoms with Crippen LogP contribution in [0.2, 0.25) is 0 Å². The van der Waals surface area contributed by atoms with Crippen molar-refractivity contribution in [2.24, 2.45) is 5.92 Å². The highest BCUT2D eigenvalue weighted by atomic mass is 16.3. The van der Waals surface area contributed by atoms with Crippen molar-refractivity contribution >= 4 is 6.03 Å². The zero-order valence-corrected chi connectivity index (χ0v) is 14.3. The SMILES string of the molecule is O=C(N[C@@H]1CCN(CC2CCCC2)C1)N[C@@H](CO)c1ccccc1. The Morgan fingerprint density at radius 3 is 2.67 bits per heavy atom. The molecule has 1 aliphatic heterocycles. The molecular formula is C19H29N3O2. The monoisotopic (exact) mass is 331 g/mol. The molecule has 1 aromatic rings. The Labute approximate surface area is 144 Å². The van der Waals surface area contributed by atoms with Crippen molar-refractivity contribution in [3.05, 3.63) is 35.9 Å². The number of rotatable bonds is 6. The molecule has 3 N–H and O–H groups in total. The lowest BCUT2D eigenvalue weighted by Crippen LogP contribution is -2.45. The smallest absolute Gasteiger partial charge is 0.315 e. The molecule has 1 saturated heterocycles. The molecular weight excluding hydrogens is 302 g/mol. The fourth-order valence-electron chi connectivity index (χ4n) is 3.98. The van der Waals surface area contributed by atoms with E-state index in [2.05, 4.69) is 15.5 Å². The van der Waals surface area contributed by atoms with Crippen molar-refractivity contribution in [2.45, 2.75) is 44.2 Å². The lowest BCUT2D eigenvalue weighted by Gasteiger charge is -2.21. The number of benzene rings is 1. The van der Waals surface area contributed by atoms with Gasteiger partial charge in [-0.2, -0.15) is 0 Å². The van der Waals surface area contributed by atoms with E-state index in [-0.39, 0.29) is 24.7 Å². The molecule has 0 bridgehead atoms. The van der Waals surface area contributed by atoms with Crippen LogP contribution in [0.15, 0.2) is 30.3 Å². The molecule has 5 nitrogen and oxygen atoms in total. The highest BCUT2D eigenvalue weighted by Crippen LogP contribution is 2.26. The van der Waals surface area contributed by atoms with Crippen LogP contribution in [0.4, 0.5) is 4.79 Å². The standard InChI is InChI=1S/C19H29N3O2/c23-14-18(16-8-2-1-3-9-16)21-19(24)20-17-10-11-22(13-17)12-15-6-4-5-7-15/h1-3,8-9,15,17-18,23H,4-7,10-14H2,(H2,20,21,24)/t17-,18+/m1/s1. The number of aliphatic hydroxyl groups excluding tert-OH is 1. The number of amides is 2. The fraction of sp³-hybridized carbons (Fsp3) is 0.632. The molecule has 132 valence electrons. The number of hydrogen-bond acceptors (Lipinski definition) is 3. The van der Waals surface area contributed by atoms with Crippen LogP contribution in [0.1, 0.15) is 43.7 Å². The van der Waals surface area contributed by atoms with Crippen molar-refractivity contribution < 1.29 is 9.90 Å². The summed E-state index contributed by atoms with van der Waals surface area (Å²) in [4.78, 5) is 14.7. The first-order valence-corrected chi connectivity index (χ1v) is 9.20. The minimum atomic E-state index is -0.359. The summed E-state index contributed by atoms with van der Waals surface area (Å²) in [6.45, 7) is 3.10. The predicted octanol–water partition coefficient (Wildman–Crippen LogP) is 2.28. The van der Waals surface area contributed by atoms with Crippen LogP contribution in [-0.2, 0) is 0 Å². The Balaban J connectivity index is 1.43. The maximum absolute atomic E-state index is 12.2. The largest absolute Gasteiger partial charge is 0.394 e. The molecule has 0 aromatic heterocycles. The summed E-state index contributed by atoms with van der Waals surface area (Å²) in [7, 11) is 0. The van der Waals surface area contributed by atoms with Gasteiger partial charge in [0.25, 0.3) is 0 Å². The van der Waals surface area contributed by atoms with Gasteiger partial charge in [0.1, 0.15) is 0 Å². The van der Waals surface area contributed by atoms with Crippen molar-refractivity contribution in [3.63, 3.8) is 0 Å². The van der Waals surface area contributed by atoms with E-state index in [9.17, 15) is 9.90 Å². The van der Waals surface area contributed by atoms with Gasteiger partial charge in [-0.25, -0.2) is 4.79 Å². The molecule has 3 rings (SSSR count). The zero-order valence-electron chi connectivity index (χ0n) is 14.3. The number of likely N-dealkylation sites (tertiary alicyclic amines) is 1. The number of nitrogens with zero attached hydrogens (tertiary/aromatic N) is 1. The van der Waals surface area contributed by atoms with Gasteiger partial charge < -0.3 is 20.6 Å². The number of hydrogen-bond donors (Lipinski definition) is 3. The van der Waals surface area contributed by atoms with E-state index in [0.29, 0.717) is 0 Å². The molecule has 1 saturated carbocycles. The van der Waals surface area contributed by atoms with Crippen LogP contribution in [0, 0.1) is 5.92 Å². The van der Waals surface area contributed by atoms with Gasteiger partial charge in [0, 0.05) is 25.7 Å². The van der Waals surface area contributed by atoms with Crippen molar-refractivity contribution in [1.82, 2.24) is 15.5 Å². The summed E-state index contributed by atoms with van der Waals surface area (Å²) in [5.74, 6) is 0.856. The highest BCUT2D eigenvalue weighted by Gasteiger charge is 2.27. The van der Waals surface area contributed by atoms with Gasteiger partial charge in [-0.15, -0.1) is 0 Å². The molecule has 1 aromatic carbocycles. The molecule has 0 unspecified atom stereocenters. The van der Waals surface area contributed by atoms with Gasteiger partial charge in [0.05, 0.1) is 12.6 Å². The third kappa shape index (κ3) is 4.71. The summed E-state index contributed by atoms with van der Waals surface area (Å²) in [6, 6.07) is 9.25. The molecule has 1 aliphatic carbocycles. The second-order valence-electron chi connectivity index (χ2n) is 7.16. The molecule has 5 heteroatoms. The van der Waals surface area contributed by atoms with Crippen LogP contribution < -0.4 is 10.6 Å². The second-order valence-corrected chi connectivity index (χ2v) is 7.16. The first-order chi connectivity index (χ1) is 11.7. The van der Waals surface area contributed by atoms with Crippen LogP contribution in [0.5, 0.6) is 0 Å². The lowest BCUT2D eigenvalue weighted by atomic mass is 10.1. The van der Waals surface area contributed by atoms with Gasteiger partial charge in [-0.1, -0.05) is 43.2 Å². The fourth-order valence-corrected chi connectivity index (χ4v) is 3.98. The van der Waals surface area contributed by atoms with Crippen LogP contribution >= 0.6 is 0 Å². The molecule has 2 fully saturated rings. The van der Waals surface area contributed by atoms with Crippen LogP contribution in [0.25, 0.3) is 0 Å². The quantitative estimate of drug-likeness (QED) is 0.749. The molecule has 24 heavy (non-hydrogen) atoms. The summed E-state index contributed by atoms with van der Waals surface area (Å²) in [5.41, 5.74) is 0.921. The van der Waals surface area contributed by atoms with Gasteiger partial charge in [-0.3, -0.25) is 0 Å². The van der Waals surface area contributed by atoms with E-state index in [1.807, 2.05) is 30.3 Å². The number of carbonyl (C=O) groups is 1. The molecule has 2 amide bonds. The van der Waals surface area contributed by atoms with E-state index in [4.69, 9.17) is 0 Å². The average Bonchev–Trinajstić information content (AvgIpc) is 3.26. The zero-order chi connectivity index (χ0) is 16.8. The Morgan fingerprint density at radius 2 is 1.96 bits per heavy atom. The highest BCUT2D eigenvalue weighted by molar-refractivity contribution is 5.74. The van der Waals surface area contributed by atoms with Crippen LogP contribution in [0.3, 0.4) is 0 Å². The van der Waals surface area contributed by atoms with Gasteiger partial charge in [0.2, 0.25) is 0 Å². The molecule has 1 heterocycles. The molecule has 2 aliphatic rings. The maximum Gasteiger partial charge on any atom is 0.315 e. The molecule has 0 spiro atoms. The minimum absolute atomic E-state index is 0.101. The Morgan fingerprint density at radius 1 is 1.21 bits per heavy atom. The predicted molar refractivity (Wildman–Crippen MR) is 94.7 cm³/mol. The number of carbonyl (C=O) groups excluding carboxylic acids is 1. The third-order valence-electron chi connectivity index (χ3n) is 5.29. The van der Waals surface area contributed by atoms with E-state index in [1.165, 1.54) is 32.2 Å². The van der Waals surface area contributed by atoms with Gasteiger partial charge >= 0.3 is 6.03 Å². The Kier molecular flexibility index (Phi) is 6.10. The van der Waals surface area contributed by atoms with Crippen molar-refractivity contribution in [2.75, 3.05) is 26.2 Å². The summed E-state index contributed by atoms with van der Waals surface area (Å²) < 4.78 is 0. The van der Waals surface area contributed by atoms with Gasteiger partial charge in [0.15, 0.2) is 0 Å². The number of aliphatic hydroxyl groups is 1.